The number of carbonyl (C=O) groups excluding carboxylic acids is 1. The monoisotopic (exact) mass is 218 g/mol. The van der Waals surface area contributed by atoms with E-state index >= 15 is 0 Å². The van der Waals surface area contributed by atoms with Gasteiger partial charge in [0.1, 0.15) is 0 Å². The number of carbonyl (C=O) groups is 1. The summed E-state index contributed by atoms with van der Waals surface area (Å²) in [5.41, 5.74) is 1.68. The van der Waals surface area contributed by atoms with Crippen LogP contribution >= 0.6 is 0 Å². The molecule has 84 valence electrons. The largest absolute Gasteiger partial charge is 0.433 e. The molecule has 0 fully saturated rings. The smallest absolute Gasteiger partial charge is 0.323 e. The maximum absolute atomic E-state index is 10.7. The highest BCUT2D eigenvalue weighted by Crippen LogP contribution is 2.01. The molecule has 1 amide bonds. The Morgan fingerprint density at radius 3 is 2.69 bits per heavy atom. The van der Waals surface area contributed by atoms with E-state index in [1.54, 1.807) is 13.0 Å². The van der Waals surface area contributed by atoms with Crippen molar-refractivity contribution in [3.05, 3.63) is 42.0 Å². The fourth-order valence-electron chi connectivity index (χ4n) is 0.971. The van der Waals surface area contributed by atoms with Crippen molar-refractivity contribution in [2.45, 2.75) is 6.92 Å². The summed E-state index contributed by atoms with van der Waals surface area (Å²) in [6.07, 6.45) is 3.09. The molecule has 0 aliphatic rings. The van der Waals surface area contributed by atoms with Crippen molar-refractivity contribution in [2.24, 2.45) is 5.16 Å². The molecule has 1 aromatic carbocycles. The van der Waals surface area contributed by atoms with Crippen molar-refractivity contribution in [1.29, 1.82) is 0 Å². The van der Waals surface area contributed by atoms with Gasteiger partial charge in [-0.05, 0) is 18.6 Å². The molecule has 0 aromatic heterocycles. The Morgan fingerprint density at radius 1 is 1.38 bits per heavy atom. The van der Waals surface area contributed by atoms with E-state index in [-0.39, 0.29) is 0 Å². The summed E-state index contributed by atoms with van der Waals surface area (Å²) >= 11 is 0. The molecule has 4 nitrogen and oxygen atoms in total. The molecule has 0 saturated carbocycles. The van der Waals surface area contributed by atoms with Crippen LogP contribution in [-0.2, 0) is 4.84 Å². The van der Waals surface area contributed by atoms with Gasteiger partial charge in [0.25, 0.3) is 0 Å². The van der Waals surface area contributed by atoms with Crippen LogP contribution < -0.4 is 5.32 Å². The van der Waals surface area contributed by atoms with Crippen molar-refractivity contribution in [2.75, 3.05) is 7.05 Å². The number of allylic oxidation sites excluding steroid dienone is 1. The summed E-state index contributed by atoms with van der Waals surface area (Å²) in [7, 11) is 1.48. The Bertz CT molecular complexity index is 397. The summed E-state index contributed by atoms with van der Waals surface area (Å²) < 4.78 is 0. The topological polar surface area (TPSA) is 50.7 Å². The highest BCUT2D eigenvalue weighted by Gasteiger charge is 1.94. The maximum atomic E-state index is 10.7. The Morgan fingerprint density at radius 2 is 2.06 bits per heavy atom. The van der Waals surface area contributed by atoms with E-state index in [9.17, 15) is 4.79 Å². The van der Waals surface area contributed by atoms with Crippen LogP contribution in [0.3, 0.4) is 0 Å². The number of rotatable bonds is 3. The van der Waals surface area contributed by atoms with Gasteiger partial charge in [0, 0.05) is 7.05 Å². The van der Waals surface area contributed by atoms with Gasteiger partial charge in [0.15, 0.2) is 0 Å². The van der Waals surface area contributed by atoms with Crippen LogP contribution in [0.1, 0.15) is 12.5 Å². The van der Waals surface area contributed by atoms with E-state index in [1.807, 2.05) is 36.4 Å². The zero-order valence-electron chi connectivity index (χ0n) is 9.31. The molecule has 1 aromatic rings. The first-order valence-corrected chi connectivity index (χ1v) is 4.89. The quantitative estimate of drug-likeness (QED) is 0.481. The van der Waals surface area contributed by atoms with Crippen molar-refractivity contribution < 1.29 is 9.63 Å². The molecule has 0 atom stereocenters. The molecule has 0 saturated heterocycles. The second kappa shape index (κ2) is 6.40. The average Bonchev–Trinajstić information content (AvgIpc) is 2.34. The van der Waals surface area contributed by atoms with E-state index < -0.39 is 6.09 Å². The number of oxime groups is 1. The predicted octanol–water partition coefficient (Wildman–Crippen LogP) is 2.43. The lowest BCUT2D eigenvalue weighted by Gasteiger charge is -1.95. The Hall–Kier alpha value is -2.10. The van der Waals surface area contributed by atoms with Gasteiger partial charge < -0.3 is 5.32 Å². The molecule has 4 heteroatoms. The molecule has 0 heterocycles. The zero-order valence-corrected chi connectivity index (χ0v) is 9.31. The number of nitrogens with one attached hydrogen (secondary N) is 1. The van der Waals surface area contributed by atoms with Gasteiger partial charge in [-0.1, -0.05) is 41.6 Å². The van der Waals surface area contributed by atoms with Gasteiger partial charge >= 0.3 is 6.09 Å². The van der Waals surface area contributed by atoms with Crippen molar-refractivity contribution in [3.63, 3.8) is 0 Å². The number of nitrogens with zero attached hydrogens (tertiary/aromatic N) is 1. The molecule has 0 aliphatic carbocycles. The normalized spacial score (nSPS) is 11.5. The Labute approximate surface area is 94.6 Å². The third kappa shape index (κ3) is 4.41. The summed E-state index contributed by atoms with van der Waals surface area (Å²) in [5, 5.41) is 5.93. The minimum atomic E-state index is -0.576. The molecule has 0 unspecified atom stereocenters. The molecule has 1 rings (SSSR count). The van der Waals surface area contributed by atoms with Crippen LogP contribution in [0.15, 0.2) is 41.6 Å². The second-order valence-corrected chi connectivity index (χ2v) is 3.11. The first kappa shape index (κ1) is 12.0. The number of benzene rings is 1. The lowest BCUT2D eigenvalue weighted by molar-refractivity contribution is 0.153. The summed E-state index contributed by atoms with van der Waals surface area (Å²) in [6, 6.07) is 9.81. The Kier molecular flexibility index (Phi) is 4.79. The molecule has 1 N–H and O–H groups in total. The second-order valence-electron chi connectivity index (χ2n) is 3.11. The van der Waals surface area contributed by atoms with Gasteiger partial charge in [-0.15, -0.1) is 0 Å². The van der Waals surface area contributed by atoms with Gasteiger partial charge in [-0.25, -0.2) is 4.79 Å². The van der Waals surface area contributed by atoms with Crippen LogP contribution in [0.2, 0.25) is 0 Å². The lowest BCUT2D eigenvalue weighted by Crippen LogP contribution is -2.17. The first-order chi connectivity index (χ1) is 7.72. The minimum absolute atomic E-state index is 0.576. The summed E-state index contributed by atoms with van der Waals surface area (Å²) in [5.74, 6) is 0. The van der Waals surface area contributed by atoms with Crippen LogP contribution in [0.25, 0.3) is 6.08 Å². The highest BCUT2D eigenvalue weighted by atomic mass is 16.7. The van der Waals surface area contributed by atoms with E-state index in [1.165, 1.54) is 7.05 Å². The molecule has 0 spiro atoms. The molecule has 0 radical (unpaired) electrons. The number of amides is 1. The first-order valence-electron chi connectivity index (χ1n) is 4.89. The third-order valence-electron chi connectivity index (χ3n) is 1.79. The fourth-order valence-corrected chi connectivity index (χ4v) is 0.971. The van der Waals surface area contributed by atoms with Crippen LogP contribution in [0.4, 0.5) is 4.79 Å². The van der Waals surface area contributed by atoms with Gasteiger partial charge in [-0.2, -0.15) is 0 Å². The van der Waals surface area contributed by atoms with Gasteiger partial charge in [-0.3, -0.25) is 4.84 Å². The predicted molar refractivity (Wildman–Crippen MR) is 64.1 cm³/mol. The van der Waals surface area contributed by atoms with Gasteiger partial charge in [0.2, 0.25) is 0 Å². The molecule has 16 heavy (non-hydrogen) atoms. The van der Waals surface area contributed by atoms with E-state index in [0.717, 1.165) is 5.56 Å². The van der Waals surface area contributed by atoms with Crippen LogP contribution in [0.5, 0.6) is 0 Å². The summed E-state index contributed by atoms with van der Waals surface area (Å²) in [4.78, 5) is 15.3. The third-order valence-corrected chi connectivity index (χ3v) is 1.79. The fraction of sp³-hybridized carbons (Fsp3) is 0.167. The van der Waals surface area contributed by atoms with E-state index in [0.29, 0.717) is 5.71 Å². The highest BCUT2D eigenvalue weighted by molar-refractivity contribution is 5.96. The Balaban J connectivity index is 2.54. The average molecular weight is 218 g/mol. The van der Waals surface area contributed by atoms with Crippen LogP contribution in [0, 0.1) is 0 Å². The standard InChI is InChI=1S/C12H14N2O2/c1-10(14-16-12(15)13-2)8-9-11-6-4-3-5-7-11/h3-9H,1-2H3,(H,13,15)/b9-8-,14-10+. The number of hydrogen-bond donors (Lipinski definition) is 1. The van der Waals surface area contributed by atoms with Crippen molar-refractivity contribution >= 4 is 17.9 Å². The van der Waals surface area contributed by atoms with E-state index in [2.05, 4.69) is 15.3 Å². The van der Waals surface area contributed by atoms with Crippen LogP contribution in [-0.4, -0.2) is 18.9 Å². The molecular weight excluding hydrogens is 204 g/mol. The van der Waals surface area contributed by atoms with Crippen molar-refractivity contribution in [3.8, 4) is 0 Å². The zero-order chi connectivity index (χ0) is 11.8. The maximum Gasteiger partial charge on any atom is 0.433 e. The minimum Gasteiger partial charge on any atom is -0.323 e. The molecule has 0 bridgehead atoms. The van der Waals surface area contributed by atoms with E-state index in [4.69, 9.17) is 0 Å². The molecular formula is C12H14N2O2. The lowest BCUT2D eigenvalue weighted by atomic mass is 10.2. The summed E-state index contributed by atoms with van der Waals surface area (Å²) in [6.45, 7) is 1.75. The van der Waals surface area contributed by atoms with Gasteiger partial charge in [0.05, 0.1) is 5.71 Å². The molecule has 0 aliphatic heterocycles. The SMILES string of the molecule is CNC(=O)O/N=C(C)/C=C\c1ccccc1. The van der Waals surface area contributed by atoms with Crippen molar-refractivity contribution in [1.82, 2.24) is 5.32 Å². The number of hydrogen-bond acceptors (Lipinski definition) is 3.